The fraction of sp³-hybridized carbons (Fsp3) is 0.477. The minimum atomic E-state index is 0.481. The second-order valence-corrected chi connectivity index (χ2v) is 36.8. The van der Waals surface area contributed by atoms with E-state index >= 15 is 0 Å². The number of benzene rings is 4. The number of pyridine rings is 1. The van der Waals surface area contributed by atoms with Crippen LogP contribution in [-0.2, 0) is 0 Å². The van der Waals surface area contributed by atoms with E-state index in [4.69, 9.17) is 9.15 Å². The third-order valence-corrected chi connectivity index (χ3v) is 30.0. The largest absolute Gasteiger partial charge is 0.497 e. The Balaban J connectivity index is 0.0000000946. The minimum Gasteiger partial charge on any atom is -0.497 e. The van der Waals surface area contributed by atoms with Crippen LogP contribution in [0.3, 0.4) is 0 Å². The number of ether oxygens (including phenoxy) is 1. The first-order valence-electron chi connectivity index (χ1n) is 40.7. The number of thiophene rings is 2. The van der Waals surface area contributed by atoms with E-state index in [1.165, 1.54) is 154 Å². The Kier molecular flexibility index (Phi) is 20.7. The molecule has 4 aromatic carbocycles. The second-order valence-electron chi connectivity index (χ2n) is 33.4. The molecule has 10 aliphatic rings. The molecule has 0 amide bonds. The molecule has 10 saturated heterocycles. The van der Waals surface area contributed by atoms with Gasteiger partial charge in [0.05, 0.1) is 83.2 Å². The average Bonchev–Trinajstić information content (AvgIpc) is 1.64. The number of piperidine rings is 5. The van der Waals surface area contributed by atoms with Crippen LogP contribution >= 0.6 is 38.6 Å². The summed E-state index contributed by atoms with van der Waals surface area (Å²) in [6.45, 7) is 0. The van der Waals surface area contributed by atoms with Gasteiger partial charge >= 0.3 is 0 Å². The minimum absolute atomic E-state index is 0.481. The van der Waals surface area contributed by atoms with Gasteiger partial charge in [-0.05, 0) is 286 Å². The molecule has 13 aromatic rings. The van der Waals surface area contributed by atoms with Crippen LogP contribution in [-0.4, -0.2) is 207 Å². The fourth-order valence-corrected chi connectivity index (χ4v) is 22.8. The van der Waals surface area contributed by atoms with E-state index < -0.39 is 0 Å². The molecule has 112 heavy (non-hydrogen) atoms. The van der Waals surface area contributed by atoms with Crippen molar-refractivity contribution in [2.75, 3.05) is 42.3 Å². The summed E-state index contributed by atoms with van der Waals surface area (Å²) in [6, 6.07) is 47.3. The van der Waals surface area contributed by atoms with Crippen molar-refractivity contribution in [3.8, 4) is 61.4 Å². The molecular weight excluding hydrogens is 1500 g/mol. The van der Waals surface area contributed by atoms with Crippen molar-refractivity contribution < 1.29 is 9.15 Å². The summed E-state index contributed by atoms with van der Waals surface area (Å²) < 4.78 is 23.7. The lowest BCUT2D eigenvalue weighted by Crippen LogP contribution is -2.40. The van der Waals surface area contributed by atoms with Crippen molar-refractivity contribution in [1.29, 1.82) is 0 Å². The highest BCUT2D eigenvalue weighted by Crippen LogP contribution is 2.46. The number of fused-ring (bicyclic) bond motifs is 13. The van der Waals surface area contributed by atoms with Crippen molar-refractivity contribution in [3.63, 3.8) is 0 Å². The fourth-order valence-electron chi connectivity index (χ4n) is 20.6. The molecule has 26 heteroatoms. The van der Waals surface area contributed by atoms with Crippen LogP contribution in [0, 0.1) is 0 Å². The smallest absolute Gasteiger partial charge is 0.133 e. The number of furan rings is 1. The zero-order valence-corrected chi connectivity index (χ0v) is 68.0. The second kappa shape index (κ2) is 31.6. The molecule has 19 heterocycles. The van der Waals surface area contributed by atoms with Gasteiger partial charge in [0.25, 0.3) is 0 Å². The highest BCUT2D eigenvalue weighted by atomic mass is 79.9. The van der Waals surface area contributed by atoms with Crippen LogP contribution in [0.4, 0.5) is 0 Å². The standard InChI is InChI=1S/C21H24N4O.C18H20N4O.C18H20N4S.C15H19N5.C14H17BrN4S/c1-24-17-6-7-18(24)12-19(11-17)25-13-21(22-23-25)16-4-3-15-10-20(26-2)8-5-14(15)9-16;2*1-21-14-3-4-15(21)10-16(9-14)22-11-17(19-20-22)12-2-5-18-13(8-12)6-7-23-18;1-19-12-2-3-13(19)9-14(8-12)20-10-15(17-18-20)11-4-6-16-7-5-11;1-18-9-2-3-10(18)7-11(6-9)19-8-12(16-17-19)13-4-5-14(15)20-13/h3-5,8-10,13,17-19H,6-7,11-12H2,1-2H3;2*2,5-8,11,14-16H,3-4,9-10H2,1H3;4-7,10,12-14H,2-3,8-9H2,1H3;4-5,8-11H,2-3,6-7H2,1H3/t17-,18+,19?;2*14-,15+,16?;12-,13+,14?;9-,10+,11?. The topological polar surface area (TPSA) is 205 Å². The Labute approximate surface area is 670 Å². The van der Waals surface area contributed by atoms with E-state index in [1.807, 2.05) is 30.3 Å². The van der Waals surface area contributed by atoms with Crippen molar-refractivity contribution in [3.05, 3.63) is 168 Å². The van der Waals surface area contributed by atoms with E-state index in [0.717, 1.165) is 107 Å². The van der Waals surface area contributed by atoms with E-state index in [0.29, 0.717) is 54.4 Å². The number of halogens is 1. The van der Waals surface area contributed by atoms with Gasteiger partial charge in [-0.2, -0.15) is 0 Å². The Hall–Kier alpha value is -8.73. The lowest BCUT2D eigenvalue weighted by molar-refractivity contribution is 0.130. The van der Waals surface area contributed by atoms with Gasteiger partial charge in [-0.25, -0.2) is 23.4 Å². The van der Waals surface area contributed by atoms with E-state index in [2.05, 4.69) is 271 Å². The SMILES string of the molecule is CN1[C@@H]2CC[C@H]1CC(n1cc(-c3ccc(Br)s3)nn1)C2.CN1[C@@H]2CC[C@H]1CC(n1cc(-c3ccc4occc4c3)nn1)C2.CN1[C@@H]2CC[C@H]1CC(n1cc(-c3ccc4sccc4c3)nn1)C2.CN1[C@@H]2CC[C@H]1CC(n1cc(-c3ccncc3)nn1)C2.COc1ccc2cc(-c3cn(C4C[C@H]5CC[C@@H](C4)N5C)nn3)ccc2c1. The maximum absolute atomic E-state index is 5.40. The number of methoxy groups -OCH3 is 1. The molecule has 0 N–H and O–H groups in total. The third kappa shape index (κ3) is 15.0. The summed E-state index contributed by atoms with van der Waals surface area (Å²) in [5.74, 6) is 0.882. The number of nitrogens with zero attached hydrogens (tertiary/aromatic N) is 21. The predicted octanol–water partition coefficient (Wildman–Crippen LogP) is 17.1. The van der Waals surface area contributed by atoms with Crippen molar-refractivity contribution in [2.45, 2.75) is 219 Å². The van der Waals surface area contributed by atoms with Crippen LogP contribution in [0.5, 0.6) is 5.75 Å². The molecule has 0 spiro atoms. The van der Waals surface area contributed by atoms with Crippen LogP contribution in [0.2, 0.25) is 0 Å². The summed E-state index contributed by atoms with van der Waals surface area (Å²) in [6.07, 6.45) is 41.3. The summed E-state index contributed by atoms with van der Waals surface area (Å²) in [4.78, 5) is 18.0. The summed E-state index contributed by atoms with van der Waals surface area (Å²) in [5, 5.41) is 51.0. The lowest BCUT2D eigenvalue weighted by atomic mass is 9.98. The molecule has 0 saturated carbocycles. The Morgan fingerprint density at radius 2 is 0.723 bits per heavy atom. The molecule has 0 aliphatic carbocycles. The molecule has 9 aromatic heterocycles. The number of rotatable bonds is 11. The zero-order chi connectivity index (χ0) is 75.7. The van der Waals surface area contributed by atoms with E-state index in [-0.39, 0.29) is 0 Å². The molecule has 10 aliphatic heterocycles. The molecule has 0 radical (unpaired) electrons. The normalized spacial score (nSPS) is 28.0. The first-order chi connectivity index (χ1) is 54.8. The van der Waals surface area contributed by atoms with Gasteiger partial charge < -0.3 is 33.7 Å². The van der Waals surface area contributed by atoms with Crippen LogP contribution in [0.25, 0.3) is 87.4 Å². The average molecular weight is 1600 g/mol. The van der Waals surface area contributed by atoms with Crippen LogP contribution in [0.1, 0.15) is 159 Å². The number of hydrogen-bond acceptors (Lipinski definition) is 20. The lowest BCUT2D eigenvalue weighted by Gasteiger charge is -2.36. The third-order valence-electron chi connectivity index (χ3n) is 27.4. The van der Waals surface area contributed by atoms with Gasteiger partial charge in [-0.3, -0.25) is 4.98 Å². The number of aromatic nitrogens is 16. The van der Waals surface area contributed by atoms with Crippen LogP contribution < -0.4 is 4.74 Å². The molecule has 15 atom stereocenters. The summed E-state index contributed by atoms with van der Waals surface area (Å²) >= 11 is 6.99. The van der Waals surface area contributed by atoms with Gasteiger partial charge in [0.1, 0.15) is 39.8 Å². The van der Waals surface area contributed by atoms with Gasteiger partial charge in [-0.15, -0.1) is 48.2 Å². The quantitative estimate of drug-likeness (QED) is 0.118. The van der Waals surface area contributed by atoms with Gasteiger partial charge in [0.15, 0.2) is 0 Å². The molecule has 23 nitrogen and oxygen atoms in total. The maximum Gasteiger partial charge on any atom is 0.133 e. The first-order valence-corrected chi connectivity index (χ1v) is 43.2. The van der Waals surface area contributed by atoms with Crippen molar-refractivity contribution >= 4 is 70.4 Å². The molecule has 23 rings (SSSR count). The highest BCUT2D eigenvalue weighted by Gasteiger charge is 2.44. The van der Waals surface area contributed by atoms with Gasteiger partial charge in [0.2, 0.25) is 0 Å². The van der Waals surface area contributed by atoms with Crippen molar-refractivity contribution in [1.82, 2.24) is 104 Å². The Bertz CT molecular complexity index is 5180. The van der Waals surface area contributed by atoms with Gasteiger partial charge in [0, 0.05) is 105 Å². The molecule has 10 fully saturated rings. The molecule has 5 unspecified atom stereocenters. The predicted molar refractivity (Wildman–Crippen MR) is 444 cm³/mol. The Morgan fingerprint density at radius 1 is 0.357 bits per heavy atom. The Morgan fingerprint density at radius 3 is 1.14 bits per heavy atom. The molecule has 10 bridgehead atoms. The van der Waals surface area contributed by atoms with Crippen LogP contribution in [0.15, 0.2) is 172 Å². The molecule has 580 valence electrons. The first kappa shape index (κ1) is 73.4. The number of hydrogen-bond donors (Lipinski definition) is 0. The highest BCUT2D eigenvalue weighted by molar-refractivity contribution is 9.11. The molecular formula is C86H100BrN21O2S2. The summed E-state index contributed by atoms with van der Waals surface area (Å²) in [7, 11) is 13.1. The zero-order valence-electron chi connectivity index (χ0n) is 64.8. The van der Waals surface area contributed by atoms with Crippen molar-refractivity contribution in [2.24, 2.45) is 0 Å². The van der Waals surface area contributed by atoms with E-state index in [9.17, 15) is 0 Å². The van der Waals surface area contributed by atoms with Gasteiger partial charge in [-0.1, -0.05) is 50.3 Å². The monoisotopic (exact) mass is 1600 g/mol. The van der Waals surface area contributed by atoms with E-state index in [1.54, 1.807) is 48.4 Å². The maximum atomic E-state index is 5.40. The summed E-state index contributed by atoms with van der Waals surface area (Å²) in [5.41, 5.74) is 10.2.